The molecule has 3 atom stereocenters. The Morgan fingerprint density at radius 2 is 0.739 bits per heavy atom. The molecule has 4 heteroatoms. The molecule has 0 aromatic carbocycles. The molecule has 0 aromatic heterocycles. The molecule has 1 amide bonds. The Bertz CT molecular complexity index is 598. The number of hydrogen-bond acceptors (Lipinski definition) is 3. The average molecular weight is 651 g/mol. The van der Waals surface area contributed by atoms with Crippen LogP contribution in [-0.2, 0) is 4.79 Å². The lowest BCUT2D eigenvalue weighted by Crippen LogP contribution is -2.52. The molecule has 276 valence electrons. The van der Waals surface area contributed by atoms with Crippen LogP contribution in [0.4, 0.5) is 0 Å². The topological polar surface area (TPSA) is 61.4 Å². The van der Waals surface area contributed by atoms with E-state index in [1.807, 2.05) is 0 Å². The van der Waals surface area contributed by atoms with E-state index in [-0.39, 0.29) is 18.0 Å². The second kappa shape index (κ2) is 37.2. The average Bonchev–Trinajstić information content (AvgIpc) is 3.06. The summed E-state index contributed by atoms with van der Waals surface area (Å²) < 4.78 is 0. The summed E-state index contributed by atoms with van der Waals surface area (Å²) in [7, 11) is 0. The number of aliphatic hydroxyl groups is 1. The van der Waals surface area contributed by atoms with Crippen molar-refractivity contribution < 1.29 is 9.90 Å². The van der Waals surface area contributed by atoms with E-state index in [4.69, 9.17) is 0 Å². The first-order valence-electron chi connectivity index (χ1n) is 21.3. The molecule has 0 heterocycles. The van der Waals surface area contributed by atoms with Crippen molar-refractivity contribution in [2.24, 2.45) is 0 Å². The molecule has 0 saturated carbocycles. The highest BCUT2D eigenvalue weighted by Crippen LogP contribution is 2.16. The normalized spacial score (nSPS) is 13.6. The number of rotatable bonds is 38. The molecular weight excluding hydrogens is 564 g/mol. The number of carbonyl (C=O) groups excluding carboxylic acids is 1. The molecule has 4 nitrogen and oxygen atoms in total. The van der Waals surface area contributed by atoms with Crippen molar-refractivity contribution >= 4 is 5.91 Å². The molecule has 0 aliphatic rings. The van der Waals surface area contributed by atoms with Crippen LogP contribution in [-0.4, -0.2) is 29.3 Å². The highest BCUT2D eigenvalue weighted by Gasteiger charge is 2.22. The van der Waals surface area contributed by atoms with Gasteiger partial charge in [-0.25, -0.2) is 0 Å². The summed E-state index contributed by atoms with van der Waals surface area (Å²) in [5.74, 6) is 0.179. The molecular formula is C42H86N2O2. The highest BCUT2D eigenvalue weighted by atomic mass is 16.3. The van der Waals surface area contributed by atoms with Crippen LogP contribution >= 0.6 is 0 Å². The lowest BCUT2D eigenvalue weighted by Gasteiger charge is -2.29. The molecule has 3 N–H and O–H groups in total. The maximum atomic E-state index is 12.7. The molecule has 46 heavy (non-hydrogen) atoms. The third-order valence-corrected chi connectivity index (χ3v) is 10.2. The second-order valence-corrected chi connectivity index (χ2v) is 14.7. The van der Waals surface area contributed by atoms with E-state index >= 15 is 0 Å². The molecule has 0 spiro atoms. The van der Waals surface area contributed by atoms with Crippen molar-refractivity contribution in [2.45, 2.75) is 264 Å². The minimum absolute atomic E-state index is 0.0875. The Morgan fingerprint density at radius 3 is 1.07 bits per heavy atom. The summed E-state index contributed by atoms with van der Waals surface area (Å²) in [6, 6.07) is 0.214. The highest BCUT2D eigenvalue weighted by molar-refractivity contribution is 5.76. The minimum atomic E-state index is -0.478. The minimum Gasteiger partial charge on any atom is -0.379 e. The smallest absolute Gasteiger partial charge is 0.220 e. The van der Waals surface area contributed by atoms with Gasteiger partial charge in [0.1, 0.15) is 6.23 Å². The summed E-state index contributed by atoms with van der Waals surface area (Å²) in [6.07, 6.45) is 43.3. The zero-order valence-corrected chi connectivity index (χ0v) is 32.1. The van der Waals surface area contributed by atoms with Gasteiger partial charge in [-0.2, -0.15) is 0 Å². The van der Waals surface area contributed by atoms with E-state index in [9.17, 15) is 9.90 Å². The van der Waals surface area contributed by atoms with Gasteiger partial charge >= 0.3 is 0 Å². The monoisotopic (exact) mass is 651 g/mol. The predicted octanol–water partition coefficient (Wildman–Crippen LogP) is 13.1. The van der Waals surface area contributed by atoms with Crippen LogP contribution in [0.1, 0.15) is 246 Å². The van der Waals surface area contributed by atoms with Gasteiger partial charge in [0.05, 0.1) is 0 Å². The van der Waals surface area contributed by atoms with Crippen LogP contribution in [0.3, 0.4) is 0 Å². The molecule has 0 fully saturated rings. The standard InChI is InChI=1S/C42H86N2O2/c1-5-9-11-13-15-17-19-21-23-25-27-29-31-33-35-37-41(45)43-39(7-3)40(8-4)44-42(46)38-36-34-32-30-28-26-24-22-20-18-16-14-12-10-6-2/h39-41,43,45H,5-38H2,1-4H3,(H,44,46). The Hall–Kier alpha value is -0.610. The Balaban J connectivity index is 3.73. The Morgan fingerprint density at radius 1 is 0.435 bits per heavy atom. The first-order chi connectivity index (χ1) is 22.6. The van der Waals surface area contributed by atoms with Crippen LogP contribution in [0, 0.1) is 0 Å². The van der Waals surface area contributed by atoms with Crippen molar-refractivity contribution in [3.05, 3.63) is 0 Å². The molecule has 0 saturated heterocycles. The third kappa shape index (κ3) is 32.0. The van der Waals surface area contributed by atoms with Crippen molar-refractivity contribution in [3.63, 3.8) is 0 Å². The van der Waals surface area contributed by atoms with Crippen LogP contribution in [0.15, 0.2) is 0 Å². The van der Waals surface area contributed by atoms with Gasteiger partial charge in [-0.15, -0.1) is 0 Å². The summed E-state index contributed by atoms with van der Waals surface area (Å²) in [4.78, 5) is 12.7. The fourth-order valence-corrected chi connectivity index (χ4v) is 6.98. The quantitative estimate of drug-likeness (QED) is 0.0460. The van der Waals surface area contributed by atoms with Gasteiger partial charge in [-0.1, -0.05) is 207 Å². The number of amides is 1. The summed E-state index contributed by atoms with van der Waals surface area (Å²) in [6.45, 7) is 8.87. The molecule has 3 unspecified atom stereocenters. The molecule has 0 rings (SSSR count). The SMILES string of the molecule is CCCCCCCCCCCCCCCCCC(=O)NC(CC)C(CC)NC(O)CCCCCCCCCCCCCCCCC. The van der Waals surface area contributed by atoms with Gasteiger partial charge in [-0.3, -0.25) is 10.1 Å². The van der Waals surface area contributed by atoms with Gasteiger partial charge in [0.2, 0.25) is 5.91 Å². The molecule has 0 bridgehead atoms. The van der Waals surface area contributed by atoms with Crippen LogP contribution in [0.2, 0.25) is 0 Å². The van der Waals surface area contributed by atoms with Gasteiger partial charge in [0.15, 0.2) is 0 Å². The van der Waals surface area contributed by atoms with Crippen molar-refractivity contribution in [2.75, 3.05) is 0 Å². The third-order valence-electron chi connectivity index (χ3n) is 10.2. The number of unbranched alkanes of at least 4 members (excludes halogenated alkanes) is 28. The lowest BCUT2D eigenvalue weighted by molar-refractivity contribution is -0.122. The van der Waals surface area contributed by atoms with E-state index in [0.29, 0.717) is 6.42 Å². The van der Waals surface area contributed by atoms with E-state index in [0.717, 1.165) is 38.5 Å². The Kier molecular flexibility index (Phi) is 36.7. The maximum Gasteiger partial charge on any atom is 0.220 e. The van der Waals surface area contributed by atoms with E-state index in [1.165, 1.54) is 173 Å². The van der Waals surface area contributed by atoms with Gasteiger partial charge < -0.3 is 10.4 Å². The zero-order valence-electron chi connectivity index (χ0n) is 32.1. The molecule has 0 aliphatic heterocycles. The van der Waals surface area contributed by atoms with Gasteiger partial charge in [0.25, 0.3) is 0 Å². The van der Waals surface area contributed by atoms with Crippen LogP contribution in [0.25, 0.3) is 0 Å². The number of carbonyl (C=O) groups is 1. The van der Waals surface area contributed by atoms with Crippen LogP contribution in [0.5, 0.6) is 0 Å². The number of nitrogens with one attached hydrogen (secondary N) is 2. The molecule has 0 aromatic rings. The van der Waals surface area contributed by atoms with E-state index in [1.54, 1.807) is 0 Å². The summed E-state index contributed by atoms with van der Waals surface area (Å²) >= 11 is 0. The fraction of sp³-hybridized carbons (Fsp3) is 0.976. The van der Waals surface area contributed by atoms with E-state index < -0.39 is 6.23 Å². The van der Waals surface area contributed by atoms with Crippen molar-refractivity contribution in [3.8, 4) is 0 Å². The Labute approximate surface area is 290 Å². The summed E-state index contributed by atoms with van der Waals surface area (Å²) in [5, 5.41) is 17.4. The maximum absolute atomic E-state index is 12.7. The van der Waals surface area contributed by atoms with Crippen LogP contribution < -0.4 is 10.6 Å². The number of aliphatic hydroxyl groups excluding tert-OH is 1. The van der Waals surface area contributed by atoms with Crippen molar-refractivity contribution in [1.82, 2.24) is 10.6 Å². The number of hydrogen-bond donors (Lipinski definition) is 3. The van der Waals surface area contributed by atoms with Gasteiger partial charge in [-0.05, 0) is 32.1 Å². The second-order valence-electron chi connectivity index (χ2n) is 14.7. The first-order valence-corrected chi connectivity index (χ1v) is 21.3. The van der Waals surface area contributed by atoms with Crippen molar-refractivity contribution in [1.29, 1.82) is 0 Å². The zero-order chi connectivity index (χ0) is 33.8. The largest absolute Gasteiger partial charge is 0.379 e. The molecule has 0 aliphatic carbocycles. The van der Waals surface area contributed by atoms with E-state index in [2.05, 4.69) is 38.3 Å². The predicted molar refractivity (Wildman–Crippen MR) is 205 cm³/mol. The summed E-state index contributed by atoms with van der Waals surface area (Å²) in [5.41, 5.74) is 0. The lowest BCUT2D eigenvalue weighted by atomic mass is 10.0. The molecule has 0 radical (unpaired) electrons. The van der Waals surface area contributed by atoms with Gasteiger partial charge in [0, 0.05) is 18.5 Å². The fourth-order valence-electron chi connectivity index (χ4n) is 6.98. The first kappa shape index (κ1) is 45.4.